The van der Waals surface area contributed by atoms with Crippen molar-refractivity contribution < 1.29 is 28.7 Å². The van der Waals surface area contributed by atoms with Crippen LogP contribution in [0.15, 0.2) is 23.3 Å². The molecule has 6 heteroatoms. The van der Waals surface area contributed by atoms with Crippen LogP contribution in [0.4, 0.5) is 0 Å². The lowest BCUT2D eigenvalue weighted by Gasteiger charge is -2.58. The van der Waals surface area contributed by atoms with Crippen LogP contribution in [0.25, 0.3) is 0 Å². The highest BCUT2D eigenvalue weighted by Crippen LogP contribution is 2.66. The number of hydrogen-bond acceptors (Lipinski definition) is 6. The van der Waals surface area contributed by atoms with Crippen LogP contribution in [0.1, 0.15) is 119 Å². The Morgan fingerprint density at radius 1 is 0.975 bits per heavy atom. The second-order valence-electron chi connectivity index (χ2n) is 13.5. The summed E-state index contributed by atoms with van der Waals surface area (Å²) in [4.78, 5) is 50.9. The highest BCUT2D eigenvalue weighted by molar-refractivity contribution is 6.02. The summed E-state index contributed by atoms with van der Waals surface area (Å²) in [5, 5.41) is 0. The number of ketones is 2. The third-order valence-corrected chi connectivity index (χ3v) is 11.1. The Labute approximate surface area is 240 Å². The topological polar surface area (TPSA) is 86.7 Å². The van der Waals surface area contributed by atoms with Crippen LogP contribution in [0.5, 0.6) is 0 Å². The van der Waals surface area contributed by atoms with Gasteiger partial charge in [-0.1, -0.05) is 64.0 Å². The smallest absolute Gasteiger partial charge is 0.303 e. The van der Waals surface area contributed by atoms with Crippen molar-refractivity contribution in [2.45, 2.75) is 131 Å². The fraction of sp³-hybridized carbons (Fsp3) is 0.765. The fourth-order valence-electron chi connectivity index (χ4n) is 9.09. The Kier molecular flexibility index (Phi) is 9.46. The van der Waals surface area contributed by atoms with Gasteiger partial charge in [0.05, 0.1) is 0 Å². The lowest BCUT2D eigenvalue weighted by Crippen LogP contribution is -2.54. The molecular weight excluding hydrogens is 504 g/mol. The average molecular weight is 555 g/mol. The number of carbonyl (C=O) groups excluding carboxylic acids is 4. The molecule has 3 saturated carbocycles. The van der Waals surface area contributed by atoms with E-state index >= 15 is 0 Å². The minimum absolute atomic E-state index is 0.0366. The quantitative estimate of drug-likeness (QED) is 0.200. The maximum absolute atomic E-state index is 13.8. The normalized spacial score (nSPS) is 34.5. The largest absolute Gasteiger partial charge is 0.459 e. The Balaban J connectivity index is 1.66. The average Bonchev–Trinajstić information content (AvgIpc) is 3.15. The van der Waals surface area contributed by atoms with Crippen molar-refractivity contribution in [3.05, 3.63) is 23.3 Å². The van der Waals surface area contributed by atoms with Crippen molar-refractivity contribution in [2.24, 2.45) is 34.5 Å². The van der Waals surface area contributed by atoms with Crippen LogP contribution in [-0.2, 0) is 28.7 Å². The van der Waals surface area contributed by atoms with Crippen molar-refractivity contribution in [3.63, 3.8) is 0 Å². The van der Waals surface area contributed by atoms with Crippen molar-refractivity contribution in [1.29, 1.82) is 0 Å². The van der Waals surface area contributed by atoms with Crippen LogP contribution < -0.4 is 0 Å². The molecule has 0 saturated heterocycles. The van der Waals surface area contributed by atoms with E-state index in [9.17, 15) is 19.2 Å². The molecule has 0 amide bonds. The number of hydrogen-bond donors (Lipinski definition) is 0. The Hall–Kier alpha value is -2.24. The first kappa shape index (κ1) is 30.7. The summed E-state index contributed by atoms with van der Waals surface area (Å²) in [6.45, 7) is 11.5. The number of ether oxygens (including phenoxy) is 2. The zero-order valence-electron chi connectivity index (χ0n) is 25.6. The van der Waals surface area contributed by atoms with Crippen LogP contribution in [0, 0.1) is 34.5 Å². The second kappa shape index (κ2) is 12.3. The van der Waals surface area contributed by atoms with Gasteiger partial charge in [-0.2, -0.15) is 0 Å². The van der Waals surface area contributed by atoms with Gasteiger partial charge < -0.3 is 9.47 Å². The van der Waals surface area contributed by atoms with E-state index in [4.69, 9.17) is 9.47 Å². The molecule has 0 radical (unpaired) electrons. The SMILES string of the molecule is CCCCCCCCC(OC(C)=O)C(OC(C)=O)[C@@H]1CC(=O)[C@@]2(C)CC[C@H]3[C@@H](CCC4=CC(=O)C=C(C)[C@@]43C)[C@H]12. The van der Waals surface area contributed by atoms with E-state index in [1.807, 2.05) is 6.08 Å². The van der Waals surface area contributed by atoms with Gasteiger partial charge >= 0.3 is 11.9 Å². The number of allylic oxidation sites excluding steroid dienone is 4. The molecule has 4 aliphatic rings. The summed E-state index contributed by atoms with van der Waals surface area (Å²) in [6.07, 6.45) is 13.5. The predicted molar refractivity (Wildman–Crippen MR) is 154 cm³/mol. The minimum Gasteiger partial charge on any atom is -0.459 e. The van der Waals surface area contributed by atoms with E-state index in [0.717, 1.165) is 50.5 Å². The van der Waals surface area contributed by atoms with E-state index in [1.165, 1.54) is 38.7 Å². The van der Waals surface area contributed by atoms with E-state index in [0.29, 0.717) is 18.8 Å². The number of Topliss-reactive ketones (excluding diaryl/α,β-unsaturated/α-hetero) is 1. The third-order valence-electron chi connectivity index (χ3n) is 11.1. The Morgan fingerprint density at radius 3 is 2.33 bits per heavy atom. The first-order valence-corrected chi connectivity index (χ1v) is 15.7. The lowest BCUT2D eigenvalue weighted by atomic mass is 9.46. The van der Waals surface area contributed by atoms with Crippen molar-refractivity contribution >= 4 is 23.5 Å². The highest BCUT2D eigenvalue weighted by atomic mass is 16.6. The number of unbranched alkanes of at least 4 members (excludes halogenated alkanes) is 5. The molecular formula is C34H50O6. The molecule has 0 heterocycles. The Morgan fingerprint density at radius 2 is 1.65 bits per heavy atom. The van der Waals surface area contributed by atoms with E-state index in [2.05, 4.69) is 27.7 Å². The summed E-state index contributed by atoms with van der Waals surface area (Å²) in [5.41, 5.74) is 1.66. The molecule has 0 aromatic heterocycles. The van der Waals surface area contributed by atoms with Crippen molar-refractivity contribution in [1.82, 2.24) is 0 Å². The molecule has 40 heavy (non-hydrogen) atoms. The molecule has 0 aliphatic heterocycles. The summed E-state index contributed by atoms with van der Waals surface area (Å²) in [7, 11) is 0. The third kappa shape index (κ3) is 5.74. The number of fused-ring (bicyclic) bond motifs is 5. The van der Waals surface area contributed by atoms with E-state index in [1.54, 1.807) is 6.08 Å². The summed E-state index contributed by atoms with van der Waals surface area (Å²) >= 11 is 0. The van der Waals surface area contributed by atoms with Crippen LogP contribution >= 0.6 is 0 Å². The molecule has 222 valence electrons. The van der Waals surface area contributed by atoms with Gasteiger partial charge in [0.25, 0.3) is 0 Å². The van der Waals surface area contributed by atoms with Crippen LogP contribution in [0.3, 0.4) is 0 Å². The molecule has 3 fully saturated rings. The monoisotopic (exact) mass is 554 g/mol. The zero-order chi connectivity index (χ0) is 29.2. The van der Waals surface area contributed by atoms with Gasteiger partial charge in [0.2, 0.25) is 0 Å². The molecule has 4 rings (SSSR count). The van der Waals surface area contributed by atoms with Gasteiger partial charge in [0, 0.05) is 37.0 Å². The van der Waals surface area contributed by atoms with Crippen molar-refractivity contribution in [3.8, 4) is 0 Å². The predicted octanol–water partition coefficient (Wildman–Crippen LogP) is 7.09. The minimum atomic E-state index is -0.638. The maximum Gasteiger partial charge on any atom is 0.303 e. The molecule has 0 bridgehead atoms. The molecule has 0 N–H and O–H groups in total. The summed E-state index contributed by atoms with van der Waals surface area (Å²) < 4.78 is 11.9. The number of carbonyl (C=O) groups is 4. The molecule has 0 aromatic rings. The summed E-state index contributed by atoms with van der Waals surface area (Å²) in [6, 6.07) is 0. The van der Waals surface area contributed by atoms with Crippen LogP contribution in [-0.4, -0.2) is 35.7 Å². The maximum atomic E-state index is 13.8. The molecule has 0 spiro atoms. The number of rotatable bonds is 11. The number of esters is 2. The summed E-state index contributed by atoms with van der Waals surface area (Å²) in [5.74, 6) is -0.0373. The fourth-order valence-corrected chi connectivity index (χ4v) is 9.09. The lowest BCUT2D eigenvalue weighted by molar-refractivity contribution is -0.176. The van der Waals surface area contributed by atoms with Gasteiger partial charge in [-0.15, -0.1) is 0 Å². The van der Waals surface area contributed by atoms with Crippen molar-refractivity contribution in [2.75, 3.05) is 0 Å². The van der Waals surface area contributed by atoms with Gasteiger partial charge in [-0.3, -0.25) is 19.2 Å². The first-order valence-electron chi connectivity index (χ1n) is 15.7. The van der Waals surface area contributed by atoms with Gasteiger partial charge in [0.15, 0.2) is 5.78 Å². The standard InChI is InChI=1S/C34H50O6/c1-7-8-9-10-11-12-13-29(39-22(3)35)32(40-23(4)36)27-20-30(38)33(5)17-16-28-26(31(27)33)15-14-24-19-25(37)18-21(2)34(24,28)6/h18-19,26-29,31-32H,7-17,20H2,1-6H3/t26-,27-,28+,29?,31-,32?,33-,34+/m1/s1. The van der Waals surface area contributed by atoms with E-state index in [-0.39, 0.29) is 40.7 Å². The second-order valence-corrected chi connectivity index (χ2v) is 13.5. The van der Waals surface area contributed by atoms with Gasteiger partial charge in [0.1, 0.15) is 18.0 Å². The first-order chi connectivity index (χ1) is 18.9. The molecule has 6 nitrogen and oxygen atoms in total. The molecule has 0 aromatic carbocycles. The molecule has 8 atom stereocenters. The van der Waals surface area contributed by atoms with Gasteiger partial charge in [-0.25, -0.2) is 0 Å². The Bertz CT molecular complexity index is 1070. The molecule has 2 unspecified atom stereocenters. The molecule has 4 aliphatic carbocycles. The van der Waals surface area contributed by atoms with Gasteiger partial charge in [-0.05, 0) is 75.4 Å². The highest BCUT2D eigenvalue weighted by Gasteiger charge is 2.64. The van der Waals surface area contributed by atoms with Crippen LogP contribution in [0.2, 0.25) is 0 Å². The van der Waals surface area contributed by atoms with E-state index < -0.39 is 23.6 Å². The zero-order valence-corrected chi connectivity index (χ0v) is 25.6.